The SMILES string of the molecule is C.COc1ccc2[nH]cc(CCN)c2c1. The van der Waals surface area contributed by atoms with Crippen molar-refractivity contribution in [2.75, 3.05) is 13.7 Å². The van der Waals surface area contributed by atoms with Crippen LogP contribution in [-0.2, 0) is 6.42 Å². The van der Waals surface area contributed by atoms with Gasteiger partial charge in [-0.3, -0.25) is 0 Å². The summed E-state index contributed by atoms with van der Waals surface area (Å²) in [7, 11) is 1.68. The average molecular weight is 206 g/mol. The van der Waals surface area contributed by atoms with Crippen molar-refractivity contribution >= 4 is 10.9 Å². The lowest BCUT2D eigenvalue weighted by atomic mass is 10.1. The van der Waals surface area contributed by atoms with E-state index in [1.165, 1.54) is 10.9 Å². The first-order valence-electron chi connectivity index (χ1n) is 4.69. The predicted octanol–water partition coefficient (Wildman–Crippen LogP) is 2.31. The van der Waals surface area contributed by atoms with Crippen LogP contribution in [0.1, 0.15) is 13.0 Å². The van der Waals surface area contributed by atoms with Crippen LogP contribution in [0, 0.1) is 0 Å². The molecule has 0 bridgehead atoms. The van der Waals surface area contributed by atoms with Crippen LogP contribution in [0.25, 0.3) is 10.9 Å². The van der Waals surface area contributed by atoms with E-state index in [0.29, 0.717) is 6.54 Å². The second-order valence-corrected chi connectivity index (χ2v) is 3.26. The summed E-state index contributed by atoms with van der Waals surface area (Å²) in [6, 6.07) is 6.01. The molecule has 0 aliphatic heterocycles. The number of benzene rings is 1. The third kappa shape index (κ3) is 2.13. The minimum absolute atomic E-state index is 0. The molecule has 0 radical (unpaired) electrons. The lowest BCUT2D eigenvalue weighted by molar-refractivity contribution is 0.415. The van der Waals surface area contributed by atoms with Gasteiger partial charge in [0.2, 0.25) is 0 Å². The standard InChI is InChI=1S/C11H14N2O.CH4/c1-14-9-2-3-11-10(6-9)8(4-5-12)7-13-11;/h2-3,6-7,13H,4-5,12H2,1H3;1H4. The Hall–Kier alpha value is -1.48. The molecule has 0 spiro atoms. The van der Waals surface area contributed by atoms with Gasteiger partial charge in [-0.2, -0.15) is 0 Å². The fourth-order valence-corrected chi connectivity index (χ4v) is 1.65. The number of fused-ring (bicyclic) bond motifs is 1. The zero-order chi connectivity index (χ0) is 9.97. The number of nitrogens with one attached hydrogen (secondary N) is 1. The summed E-state index contributed by atoms with van der Waals surface area (Å²) < 4.78 is 5.18. The van der Waals surface area contributed by atoms with Crippen LogP contribution in [-0.4, -0.2) is 18.6 Å². The third-order valence-corrected chi connectivity index (χ3v) is 2.39. The van der Waals surface area contributed by atoms with Gasteiger partial charge in [0, 0.05) is 17.1 Å². The molecule has 0 saturated heterocycles. The van der Waals surface area contributed by atoms with Crippen LogP contribution in [0.15, 0.2) is 24.4 Å². The summed E-state index contributed by atoms with van der Waals surface area (Å²) in [4.78, 5) is 3.21. The Kier molecular flexibility index (Phi) is 3.74. The largest absolute Gasteiger partial charge is 0.497 e. The van der Waals surface area contributed by atoms with Crippen LogP contribution >= 0.6 is 0 Å². The highest BCUT2D eigenvalue weighted by Crippen LogP contribution is 2.23. The van der Waals surface area contributed by atoms with E-state index in [4.69, 9.17) is 10.5 Å². The highest BCUT2D eigenvalue weighted by molar-refractivity contribution is 5.84. The first-order chi connectivity index (χ1) is 6.85. The van der Waals surface area contributed by atoms with Gasteiger partial charge in [0.1, 0.15) is 5.75 Å². The van der Waals surface area contributed by atoms with Crippen LogP contribution in [0.2, 0.25) is 0 Å². The van der Waals surface area contributed by atoms with E-state index in [1.807, 2.05) is 24.4 Å². The molecule has 3 nitrogen and oxygen atoms in total. The molecule has 0 atom stereocenters. The van der Waals surface area contributed by atoms with Gasteiger partial charge in [0.15, 0.2) is 0 Å². The second kappa shape index (κ2) is 4.84. The molecular weight excluding hydrogens is 188 g/mol. The normalized spacial score (nSPS) is 10.0. The van der Waals surface area contributed by atoms with Crippen molar-refractivity contribution in [2.24, 2.45) is 5.73 Å². The summed E-state index contributed by atoms with van der Waals surface area (Å²) >= 11 is 0. The van der Waals surface area contributed by atoms with Crippen molar-refractivity contribution in [2.45, 2.75) is 13.8 Å². The summed E-state index contributed by atoms with van der Waals surface area (Å²) in [5.74, 6) is 0.885. The van der Waals surface area contributed by atoms with E-state index in [9.17, 15) is 0 Å². The topological polar surface area (TPSA) is 51.0 Å². The number of H-pyrrole nitrogens is 1. The van der Waals surface area contributed by atoms with E-state index in [2.05, 4.69) is 4.98 Å². The fourth-order valence-electron chi connectivity index (χ4n) is 1.65. The maximum atomic E-state index is 5.54. The van der Waals surface area contributed by atoms with Gasteiger partial charge in [-0.15, -0.1) is 0 Å². The number of methoxy groups -OCH3 is 1. The molecule has 15 heavy (non-hydrogen) atoms. The first-order valence-corrected chi connectivity index (χ1v) is 4.69. The van der Waals surface area contributed by atoms with Gasteiger partial charge >= 0.3 is 0 Å². The number of aromatic amines is 1. The lowest BCUT2D eigenvalue weighted by Crippen LogP contribution is -2.01. The van der Waals surface area contributed by atoms with E-state index in [0.717, 1.165) is 17.7 Å². The minimum atomic E-state index is 0. The Balaban J connectivity index is 0.00000112. The average Bonchev–Trinajstić information content (AvgIpc) is 2.61. The van der Waals surface area contributed by atoms with Gasteiger partial charge in [-0.25, -0.2) is 0 Å². The number of hydrogen-bond donors (Lipinski definition) is 2. The summed E-state index contributed by atoms with van der Waals surface area (Å²) in [6.45, 7) is 0.671. The molecular formula is C12H18N2O. The summed E-state index contributed by atoms with van der Waals surface area (Å²) in [5.41, 5.74) is 7.92. The zero-order valence-corrected chi connectivity index (χ0v) is 8.21. The molecule has 0 fully saturated rings. The molecule has 0 amide bonds. The molecule has 3 heteroatoms. The number of ether oxygens (including phenoxy) is 1. The van der Waals surface area contributed by atoms with E-state index >= 15 is 0 Å². The van der Waals surface area contributed by atoms with Crippen LogP contribution in [0.5, 0.6) is 5.75 Å². The van der Waals surface area contributed by atoms with Gasteiger partial charge in [0.25, 0.3) is 0 Å². The Bertz CT molecular complexity index is 434. The molecule has 3 N–H and O–H groups in total. The van der Waals surface area contributed by atoms with Crippen LogP contribution in [0.3, 0.4) is 0 Å². The van der Waals surface area contributed by atoms with Crippen LogP contribution in [0.4, 0.5) is 0 Å². The molecule has 0 aliphatic carbocycles. The predicted molar refractivity (Wildman–Crippen MR) is 64.3 cm³/mol. The van der Waals surface area contributed by atoms with Gasteiger partial charge in [-0.1, -0.05) is 7.43 Å². The van der Waals surface area contributed by atoms with Crippen molar-refractivity contribution in [1.29, 1.82) is 0 Å². The summed E-state index contributed by atoms with van der Waals surface area (Å²) in [6.07, 6.45) is 2.91. The Morgan fingerprint density at radius 2 is 2.20 bits per heavy atom. The molecule has 1 aromatic carbocycles. The van der Waals surface area contributed by atoms with E-state index < -0.39 is 0 Å². The Morgan fingerprint density at radius 1 is 1.40 bits per heavy atom. The molecule has 1 aromatic heterocycles. The molecule has 0 aliphatic rings. The molecule has 2 aromatic rings. The van der Waals surface area contributed by atoms with Crippen LogP contribution < -0.4 is 10.5 Å². The molecule has 0 saturated carbocycles. The third-order valence-electron chi connectivity index (χ3n) is 2.39. The molecule has 1 heterocycles. The minimum Gasteiger partial charge on any atom is -0.497 e. The quantitative estimate of drug-likeness (QED) is 0.809. The van der Waals surface area contributed by atoms with Gasteiger partial charge in [0.05, 0.1) is 7.11 Å². The summed E-state index contributed by atoms with van der Waals surface area (Å²) in [5, 5.41) is 1.20. The highest BCUT2D eigenvalue weighted by Gasteiger charge is 2.03. The van der Waals surface area contributed by atoms with Crippen molar-refractivity contribution < 1.29 is 4.74 Å². The highest BCUT2D eigenvalue weighted by atomic mass is 16.5. The Morgan fingerprint density at radius 3 is 2.87 bits per heavy atom. The van der Waals surface area contributed by atoms with E-state index in [1.54, 1.807) is 7.11 Å². The maximum absolute atomic E-state index is 5.54. The monoisotopic (exact) mass is 206 g/mol. The first kappa shape index (κ1) is 11.6. The van der Waals surface area contributed by atoms with Gasteiger partial charge < -0.3 is 15.5 Å². The molecule has 82 valence electrons. The maximum Gasteiger partial charge on any atom is 0.119 e. The smallest absolute Gasteiger partial charge is 0.119 e. The number of nitrogens with two attached hydrogens (primary N) is 1. The van der Waals surface area contributed by atoms with Crippen molar-refractivity contribution in [3.63, 3.8) is 0 Å². The molecule has 2 rings (SSSR count). The number of rotatable bonds is 3. The lowest BCUT2D eigenvalue weighted by Gasteiger charge is -2.00. The van der Waals surface area contributed by atoms with Crippen molar-refractivity contribution in [3.05, 3.63) is 30.0 Å². The van der Waals surface area contributed by atoms with E-state index in [-0.39, 0.29) is 7.43 Å². The van der Waals surface area contributed by atoms with Gasteiger partial charge in [-0.05, 0) is 36.7 Å². The number of hydrogen-bond acceptors (Lipinski definition) is 2. The fraction of sp³-hybridized carbons (Fsp3) is 0.333. The zero-order valence-electron chi connectivity index (χ0n) is 8.21. The Labute approximate surface area is 90.2 Å². The van der Waals surface area contributed by atoms with Crippen molar-refractivity contribution in [1.82, 2.24) is 4.98 Å². The second-order valence-electron chi connectivity index (χ2n) is 3.26. The van der Waals surface area contributed by atoms with Crippen molar-refractivity contribution in [3.8, 4) is 5.75 Å². The molecule has 0 unspecified atom stereocenters. The number of aromatic nitrogens is 1.